The molecule has 0 aromatic carbocycles. The van der Waals surface area contributed by atoms with E-state index in [1.165, 1.54) is 32.2 Å². The zero-order valence-corrected chi connectivity index (χ0v) is 11.5. The Labute approximate surface area is 106 Å². The molecule has 1 N–H and O–H groups in total. The second-order valence-electron chi connectivity index (χ2n) is 6.07. The van der Waals surface area contributed by atoms with Crippen LogP contribution >= 0.6 is 0 Å². The summed E-state index contributed by atoms with van der Waals surface area (Å²) in [6.07, 6.45) is 5.55. The first-order valence-corrected chi connectivity index (χ1v) is 7.23. The van der Waals surface area contributed by atoms with Crippen molar-refractivity contribution in [2.75, 3.05) is 39.9 Å². The van der Waals surface area contributed by atoms with Crippen LogP contribution in [-0.4, -0.2) is 50.8 Å². The molecule has 0 aromatic rings. The Morgan fingerprint density at radius 1 is 1.29 bits per heavy atom. The van der Waals surface area contributed by atoms with Gasteiger partial charge >= 0.3 is 0 Å². The lowest BCUT2D eigenvalue weighted by Gasteiger charge is -2.21. The average Bonchev–Trinajstić information content (AvgIpc) is 3.15. The number of ether oxygens (including phenoxy) is 1. The van der Waals surface area contributed by atoms with Crippen LogP contribution in [0, 0.1) is 11.8 Å². The minimum Gasteiger partial charge on any atom is -0.380 e. The molecule has 0 aliphatic heterocycles. The molecule has 1 unspecified atom stereocenters. The number of hydrogen-bond acceptors (Lipinski definition) is 3. The van der Waals surface area contributed by atoms with Crippen molar-refractivity contribution in [2.45, 2.75) is 38.6 Å². The summed E-state index contributed by atoms with van der Waals surface area (Å²) in [6, 6.07) is 0.838. The van der Waals surface area contributed by atoms with Gasteiger partial charge in [0.25, 0.3) is 0 Å². The largest absolute Gasteiger partial charge is 0.380 e. The van der Waals surface area contributed by atoms with Crippen LogP contribution in [0.15, 0.2) is 0 Å². The molecule has 2 saturated carbocycles. The van der Waals surface area contributed by atoms with Gasteiger partial charge in [-0.3, -0.25) is 0 Å². The Bertz CT molecular complexity index is 214. The van der Waals surface area contributed by atoms with Crippen LogP contribution in [0.5, 0.6) is 0 Å². The molecular formula is C14H28N2O. The first-order chi connectivity index (χ1) is 8.24. The van der Waals surface area contributed by atoms with Crippen molar-refractivity contribution in [3.8, 4) is 0 Å². The van der Waals surface area contributed by atoms with E-state index in [9.17, 15) is 0 Å². The van der Waals surface area contributed by atoms with E-state index in [1.807, 2.05) is 0 Å². The Balaban J connectivity index is 1.41. The third-order valence-corrected chi connectivity index (χ3v) is 3.62. The number of likely N-dealkylation sites (N-methyl/N-ethyl adjacent to an activating group) is 1. The van der Waals surface area contributed by atoms with Crippen molar-refractivity contribution in [2.24, 2.45) is 11.8 Å². The minimum absolute atomic E-state index is 0.740. The van der Waals surface area contributed by atoms with Gasteiger partial charge in [-0.2, -0.15) is 0 Å². The smallest absolute Gasteiger partial charge is 0.0593 e. The van der Waals surface area contributed by atoms with Crippen LogP contribution in [0.3, 0.4) is 0 Å². The van der Waals surface area contributed by atoms with Crippen molar-refractivity contribution in [1.82, 2.24) is 10.2 Å². The molecule has 17 heavy (non-hydrogen) atoms. The molecule has 0 saturated heterocycles. The van der Waals surface area contributed by atoms with Crippen molar-refractivity contribution in [3.63, 3.8) is 0 Å². The lowest BCUT2D eigenvalue weighted by atomic mass is 10.1. The molecule has 0 radical (unpaired) electrons. The second kappa shape index (κ2) is 6.72. The lowest BCUT2D eigenvalue weighted by molar-refractivity contribution is 0.0997. The highest BCUT2D eigenvalue weighted by molar-refractivity contribution is 4.81. The second-order valence-corrected chi connectivity index (χ2v) is 6.07. The number of hydrogen-bond donors (Lipinski definition) is 1. The zero-order chi connectivity index (χ0) is 12.1. The highest BCUT2D eigenvalue weighted by Crippen LogP contribution is 2.28. The van der Waals surface area contributed by atoms with Crippen LogP contribution in [0.2, 0.25) is 0 Å². The molecule has 2 fully saturated rings. The van der Waals surface area contributed by atoms with Crippen LogP contribution in [0.1, 0.15) is 32.6 Å². The molecule has 3 heteroatoms. The van der Waals surface area contributed by atoms with E-state index in [1.54, 1.807) is 0 Å². The highest BCUT2D eigenvalue weighted by atomic mass is 16.5. The predicted octanol–water partition coefficient (Wildman–Crippen LogP) is 1.73. The minimum atomic E-state index is 0.740. The predicted molar refractivity (Wildman–Crippen MR) is 71.2 cm³/mol. The van der Waals surface area contributed by atoms with E-state index >= 15 is 0 Å². The van der Waals surface area contributed by atoms with Crippen LogP contribution in [0.25, 0.3) is 0 Å². The molecule has 0 aromatic heterocycles. The van der Waals surface area contributed by atoms with E-state index in [4.69, 9.17) is 4.74 Å². The summed E-state index contributed by atoms with van der Waals surface area (Å²) in [5.41, 5.74) is 0. The van der Waals surface area contributed by atoms with Gasteiger partial charge in [-0.15, -0.1) is 0 Å². The maximum absolute atomic E-state index is 5.66. The van der Waals surface area contributed by atoms with Gasteiger partial charge in [0.15, 0.2) is 0 Å². The quantitative estimate of drug-likeness (QED) is 0.589. The summed E-state index contributed by atoms with van der Waals surface area (Å²) in [4.78, 5) is 2.39. The first kappa shape index (κ1) is 13.3. The third-order valence-electron chi connectivity index (χ3n) is 3.62. The van der Waals surface area contributed by atoms with E-state index < -0.39 is 0 Å². The Morgan fingerprint density at radius 3 is 2.71 bits per heavy atom. The maximum atomic E-state index is 5.66. The molecule has 3 nitrogen and oxygen atoms in total. The molecule has 2 rings (SSSR count). The fraction of sp³-hybridized carbons (Fsp3) is 1.00. The monoisotopic (exact) mass is 240 g/mol. The van der Waals surface area contributed by atoms with Gasteiger partial charge < -0.3 is 15.0 Å². The Morgan fingerprint density at radius 2 is 2.06 bits per heavy atom. The van der Waals surface area contributed by atoms with E-state index in [0.717, 1.165) is 44.2 Å². The van der Waals surface area contributed by atoms with Crippen LogP contribution < -0.4 is 5.32 Å². The van der Waals surface area contributed by atoms with E-state index in [2.05, 4.69) is 24.2 Å². The van der Waals surface area contributed by atoms with Gasteiger partial charge in [-0.05, 0) is 51.1 Å². The first-order valence-electron chi connectivity index (χ1n) is 7.23. The lowest BCUT2D eigenvalue weighted by Crippen LogP contribution is -2.33. The summed E-state index contributed by atoms with van der Waals surface area (Å²) in [5, 5.41) is 3.59. The summed E-state index contributed by atoms with van der Waals surface area (Å²) in [7, 11) is 2.20. The number of nitrogens with zero attached hydrogens (tertiary/aromatic N) is 1. The van der Waals surface area contributed by atoms with Crippen LogP contribution in [-0.2, 0) is 4.74 Å². The van der Waals surface area contributed by atoms with Gasteiger partial charge in [0.05, 0.1) is 6.61 Å². The molecule has 2 aliphatic carbocycles. The fourth-order valence-electron chi connectivity index (χ4n) is 2.10. The zero-order valence-electron chi connectivity index (χ0n) is 11.5. The molecule has 1 atom stereocenters. The summed E-state index contributed by atoms with van der Waals surface area (Å²) < 4.78 is 5.66. The number of nitrogens with one attached hydrogen (secondary N) is 1. The maximum Gasteiger partial charge on any atom is 0.0593 e. The van der Waals surface area contributed by atoms with Crippen molar-refractivity contribution >= 4 is 0 Å². The molecule has 2 aliphatic rings. The molecule has 0 amide bonds. The summed E-state index contributed by atoms with van der Waals surface area (Å²) >= 11 is 0. The Kier molecular flexibility index (Phi) is 5.26. The molecule has 0 heterocycles. The summed E-state index contributed by atoms with van der Waals surface area (Å²) in [5.74, 6) is 1.63. The fourth-order valence-corrected chi connectivity index (χ4v) is 2.10. The van der Waals surface area contributed by atoms with E-state index in [-0.39, 0.29) is 0 Å². The third kappa shape index (κ3) is 6.39. The van der Waals surface area contributed by atoms with Gasteiger partial charge in [-0.25, -0.2) is 0 Å². The van der Waals surface area contributed by atoms with Crippen molar-refractivity contribution in [1.29, 1.82) is 0 Å². The van der Waals surface area contributed by atoms with Gasteiger partial charge in [0.1, 0.15) is 0 Å². The standard InChI is InChI=1S/C14H28N2O/c1-12(9-15-14-5-6-14)10-16(2)7-8-17-11-13-3-4-13/h12-15H,3-11H2,1-2H3. The SMILES string of the molecule is CC(CNC1CC1)CN(C)CCOCC1CC1. The number of rotatable bonds is 10. The van der Waals surface area contributed by atoms with Crippen molar-refractivity contribution < 1.29 is 4.74 Å². The average molecular weight is 240 g/mol. The molecule has 0 spiro atoms. The summed E-state index contributed by atoms with van der Waals surface area (Å²) in [6.45, 7) is 7.63. The normalized spacial score (nSPS) is 22.1. The topological polar surface area (TPSA) is 24.5 Å². The molecular weight excluding hydrogens is 212 g/mol. The van der Waals surface area contributed by atoms with Gasteiger partial charge in [0, 0.05) is 25.7 Å². The highest BCUT2D eigenvalue weighted by Gasteiger charge is 2.22. The van der Waals surface area contributed by atoms with Gasteiger partial charge in [0.2, 0.25) is 0 Å². The molecule has 100 valence electrons. The Hall–Kier alpha value is -0.120. The van der Waals surface area contributed by atoms with Gasteiger partial charge in [-0.1, -0.05) is 6.92 Å². The molecule has 0 bridgehead atoms. The van der Waals surface area contributed by atoms with E-state index in [0.29, 0.717) is 0 Å². The van der Waals surface area contributed by atoms with Crippen molar-refractivity contribution in [3.05, 3.63) is 0 Å². The van der Waals surface area contributed by atoms with Crippen LogP contribution in [0.4, 0.5) is 0 Å².